The molecule has 0 spiro atoms. The van der Waals surface area contributed by atoms with Crippen molar-refractivity contribution in [1.82, 2.24) is 10.2 Å². The number of likely N-dealkylation sites (tertiary alicyclic amines) is 1. The molecule has 3 heteroatoms. The Morgan fingerprint density at radius 1 is 1.32 bits per heavy atom. The van der Waals surface area contributed by atoms with Gasteiger partial charge in [0.15, 0.2) is 0 Å². The minimum atomic E-state index is 0.235. The first-order valence-electron chi connectivity index (χ1n) is 7.37. The first kappa shape index (κ1) is 12.7. The number of rotatable bonds is 2. The minimum Gasteiger partial charge on any atom is -0.337 e. The van der Waals surface area contributed by atoms with E-state index >= 15 is 0 Å². The monoisotopic (exact) mass is 258 g/mol. The Hall–Kier alpha value is -1.35. The summed E-state index contributed by atoms with van der Waals surface area (Å²) in [4.78, 5) is 14.7. The predicted octanol–water partition coefficient (Wildman–Crippen LogP) is 2.00. The second-order valence-electron chi connectivity index (χ2n) is 5.68. The number of hydrogen-bond acceptors (Lipinski definition) is 2. The van der Waals surface area contributed by atoms with Crippen LogP contribution < -0.4 is 5.32 Å². The van der Waals surface area contributed by atoms with E-state index in [0.717, 1.165) is 37.9 Å². The van der Waals surface area contributed by atoms with Crippen LogP contribution in [0, 0.1) is 0 Å². The van der Waals surface area contributed by atoms with Gasteiger partial charge in [0.1, 0.15) is 0 Å². The molecule has 1 aromatic rings. The largest absolute Gasteiger partial charge is 0.337 e. The quantitative estimate of drug-likeness (QED) is 0.880. The number of fused-ring (bicyclic) bond motifs is 1. The van der Waals surface area contributed by atoms with Crippen LogP contribution in [-0.4, -0.2) is 37.0 Å². The summed E-state index contributed by atoms with van der Waals surface area (Å²) in [6, 6.07) is 6.67. The van der Waals surface area contributed by atoms with Gasteiger partial charge in [0.05, 0.1) is 0 Å². The molecule has 0 radical (unpaired) electrons. The van der Waals surface area contributed by atoms with Crippen molar-refractivity contribution in [2.75, 3.05) is 20.1 Å². The average Bonchev–Trinajstić information content (AvgIpc) is 2.95. The highest BCUT2D eigenvalue weighted by Gasteiger charge is 2.26. The minimum absolute atomic E-state index is 0.235. The van der Waals surface area contributed by atoms with Gasteiger partial charge in [0.2, 0.25) is 0 Å². The average molecular weight is 258 g/mol. The van der Waals surface area contributed by atoms with Crippen molar-refractivity contribution in [3.63, 3.8) is 0 Å². The Kier molecular flexibility index (Phi) is 3.56. The van der Waals surface area contributed by atoms with E-state index in [1.807, 2.05) is 24.1 Å². The second-order valence-corrected chi connectivity index (χ2v) is 5.68. The molecular weight excluding hydrogens is 236 g/mol. The van der Waals surface area contributed by atoms with Crippen molar-refractivity contribution in [3.8, 4) is 0 Å². The third kappa shape index (κ3) is 2.39. The van der Waals surface area contributed by atoms with E-state index in [4.69, 9.17) is 0 Å². The fraction of sp³-hybridized carbons (Fsp3) is 0.562. The molecule has 1 heterocycles. The van der Waals surface area contributed by atoms with Crippen LogP contribution >= 0.6 is 0 Å². The zero-order valence-electron chi connectivity index (χ0n) is 11.6. The highest BCUT2D eigenvalue weighted by molar-refractivity contribution is 5.96. The van der Waals surface area contributed by atoms with Crippen molar-refractivity contribution in [2.24, 2.45) is 0 Å². The maximum Gasteiger partial charge on any atom is 0.254 e. The lowest BCUT2D eigenvalue weighted by Gasteiger charge is -2.33. The summed E-state index contributed by atoms with van der Waals surface area (Å²) < 4.78 is 0. The van der Waals surface area contributed by atoms with Gasteiger partial charge < -0.3 is 10.2 Å². The number of nitrogens with zero attached hydrogens (tertiary/aromatic N) is 1. The van der Waals surface area contributed by atoms with Crippen molar-refractivity contribution >= 4 is 5.91 Å². The van der Waals surface area contributed by atoms with E-state index < -0.39 is 0 Å². The molecule has 1 aliphatic heterocycles. The van der Waals surface area contributed by atoms with E-state index in [-0.39, 0.29) is 5.91 Å². The first-order valence-corrected chi connectivity index (χ1v) is 7.37. The topological polar surface area (TPSA) is 32.3 Å². The SMILES string of the molecule is CNC1CCCN(C(=O)c2cccc3c2CCC3)C1. The Morgan fingerprint density at radius 3 is 3.05 bits per heavy atom. The molecule has 102 valence electrons. The van der Waals surface area contributed by atoms with Crippen LogP contribution in [0.2, 0.25) is 0 Å². The molecule has 1 saturated heterocycles. The number of aryl methyl sites for hydroxylation is 1. The fourth-order valence-corrected chi connectivity index (χ4v) is 3.39. The molecule has 0 saturated carbocycles. The van der Waals surface area contributed by atoms with E-state index in [1.165, 1.54) is 24.0 Å². The molecule has 1 atom stereocenters. The van der Waals surface area contributed by atoms with E-state index in [9.17, 15) is 4.79 Å². The van der Waals surface area contributed by atoms with Crippen molar-refractivity contribution < 1.29 is 4.79 Å². The Morgan fingerprint density at radius 2 is 2.21 bits per heavy atom. The number of hydrogen-bond donors (Lipinski definition) is 1. The van der Waals surface area contributed by atoms with Crippen molar-refractivity contribution in [2.45, 2.75) is 38.1 Å². The Labute approximate surface area is 115 Å². The summed E-state index contributed by atoms with van der Waals surface area (Å²) in [5.41, 5.74) is 3.64. The zero-order chi connectivity index (χ0) is 13.2. The van der Waals surface area contributed by atoms with Gasteiger partial charge >= 0.3 is 0 Å². The molecule has 1 aliphatic carbocycles. The number of piperidine rings is 1. The first-order chi connectivity index (χ1) is 9.29. The second kappa shape index (κ2) is 5.33. The zero-order valence-corrected chi connectivity index (χ0v) is 11.6. The van der Waals surface area contributed by atoms with Crippen LogP contribution in [0.25, 0.3) is 0 Å². The number of nitrogens with one attached hydrogen (secondary N) is 1. The predicted molar refractivity (Wildman–Crippen MR) is 76.5 cm³/mol. The van der Waals surface area contributed by atoms with E-state index in [1.54, 1.807) is 0 Å². The number of carbonyl (C=O) groups is 1. The standard InChI is InChI=1S/C16H22N2O/c1-17-13-7-4-10-18(11-13)16(19)15-9-3-6-12-5-2-8-14(12)15/h3,6,9,13,17H,2,4-5,7-8,10-11H2,1H3. The lowest BCUT2D eigenvalue weighted by Crippen LogP contribution is -2.47. The molecule has 1 N–H and O–H groups in total. The molecular formula is C16H22N2O. The van der Waals surface area contributed by atoms with Gasteiger partial charge in [0.25, 0.3) is 5.91 Å². The molecule has 3 rings (SSSR count). The van der Waals surface area contributed by atoms with Crippen molar-refractivity contribution in [1.29, 1.82) is 0 Å². The molecule has 0 aromatic heterocycles. The van der Waals surface area contributed by atoms with Crippen LogP contribution in [0.15, 0.2) is 18.2 Å². The van der Waals surface area contributed by atoms with Crippen LogP contribution in [0.1, 0.15) is 40.7 Å². The van der Waals surface area contributed by atoms with E-state index in [0.29, 0.717) is 6.04 Å². The highest BCUT2D eigenvalue weighted by atomic mass is 16.2. The highest BCUT2D eigenvalue weighted by Crippen LogP contribution is 2.26. The number of amides is 1. The van der Waals surface area contributed by atoms with Gasteiger partial charge in [-0.1, -0.05) is 12.1 Å². The van der Waals surface area contributed by atoms with Gasteiger partial charge in [-0.2, -0.15) is 0 Å². The lowest BCUT2D eigenvalue weighted by atomic mass is 10.00. The summed E-state index contributed by atoms with van der Waals surface area (Å²) in [5.74, 6) is 0.235. The summed E-state index contributed by atoms with van der Waals surface area (Å²) in [7, 11) is 1.98. The lowest BCUT2D eigenvalue weighted by molar-refractivity contribution is 0.0697. The maximum absolute atomic E-state index is 12.7. The van der Waals surface area contributed by atoms with Crippen molar-refractivity contribution in [3.05, 3.63) is 34.9 Å². The van der Waals surface area contributed by atoms with Crippen LogP contribution in [0.5, 0.6) is 0 Å². The van der Waals surface area contributed by atoms with Gasteiger partial charge in [-0.15, -0.1) is 0 Å². The van der Waals surface area contributed by atoms with Gasteiger partial charge in [-0.3, -0.25) is 4.79 Å². The maximum atomic E-state index is 12.7. The van der Waals surface area contributed by atoms with Crippen LogP contribution in [0.4, 0.5) is 0 Å². The van der Waals surface area contributed by atoms with Crippen LogP contribution in [0.3, 0.4) is 0 Å². The molecule has 0 bridgehead atoms. The summed E-state index contributed by atoms with van der Waals surface area (Å²) in [6.45, 7) is 1.75. The van der Waals surface area contributed by atoms with Gasteiger partial charge in [-0.05, 0) is 56.3 Å². The van der Waals surface area contributed by atoms with Gasteiger partial charge in [0, 0.05) is 24.7 Å². The number of carbonyl (C=O) groups excluding carboxylic acids is 1. The smallest absolute Gasteiger partial charge is 0.254 e. The normalized spacial score (nSPS) is 22.4. The summed E-state index contributed by atoms with van der Waals surface area (Å²) in [6.07, 6.45) is 5.67. The third-order valence-electron chi connectivity index (χ3n) is 4.49. The Bertz CT molecular complexity index is 484. The summed E-state index contributed by atoms with van der Waals surface area (Å²) >= 11 is 0. The molecule has 3 nitrogen and oxygen atoms in total. The molecule has 1 fully saturated rings. The Balaban J connectivity index is 1.82. The summed E-state index contributed by atoms with van der Waals surface area (Å²) in [5, 5.41) is 3.30. The number of benzene rings is 1. The molecule has 1 unspecified atom stereocenters. The van der Waals surface area contributed by atoms with E-state index in [2.05, 4.69) is 11.4 Å². The number of likely N-dealkylation sites (N-methyl/N-ethyl adjacent to an activating group) is 1. The molecule has 1 amide bonds. The third-order valence-corrected chi connectivity index (χ3v) is 4.49. The molecule has 1 aromatic carbocycles. The molecule has 19 heavy (non-hydrogen) atoms. The fourth-order valence-electron chi connectivity index (χ4n) is 3.39. The molecule has 2 aliphatic rings. The van der Waals surface area contributed by atoms with Gasteiger partial charge in [-0.25, -0.2) is 0 Å². The van der Waals surface area contributed by atoms with Crippen LogP contribution in [-0.2, 0) is 12.8 Å².